The van der Waals surface area contributed by atoms with E-state index in [-0.39, 0.29) is 0 Å². The molecular weight excluding hydrogens is 841 g/mol. The van der Waals surface area contributed by atoms with Gasteiger partial charge in [0.25, 0.3) is 0 Å². The van der Waals surface area contributed by atoms with Gasteiger partial charge in [0, 0.05) is 38.7 Å². The number of para-hydroxylation sites is 2. The van der Waals surface area contributed by atoms with Gasteiger partial charge in [-0.2, -0.15) is 0 Å². The highest BCUT2D eigenvalue weighted by atomic mass is 15.1. The van der Waals surface area contributed by atoms with Crippen LogP contribution in [-0.2, 0) is 10.8 Å². The number of rotatable bonds is 7. The quantitative estimate of drug-likeness (QED) is 0.159. The number of aromatic nitrogens is 6. The van der Waals surface area contributed by atoms with E-state index in [2.05, 4.69) is 217 Å². The molecule has 0 saturated carbocycles. The van der Waals surface area contributed by atoms with Crippen LogP contribution in [0.2, 0.25) is 0 Å². The van der Waals surface area contributed by atoms with Gasteiger partial charge in [0.05, 0.1) is 22.4 Å². The van der Waals surface area contributed by atoms with E-state index in [0.29, 0.717) is 23.3 Å². The SMILES string of the molecule is c1ccc(-c2cc(-c3ccccc3)nc(C34c5ccccc5C(c5nc(-c6ccccc6)nc(-c6cccc7c6c6ccccc6n7-c6ccccc6)n5)(c5ccccc53)c3ccccc34)n2)cc1. The van der Waals surface area contributed by atoms with Crippen molar-refractivity contribution in [1.29, 1.82) is 0 Å². The van der Waals surface area contributed by atoms with Gasteiger partial charge < -0.3 is 4.57 Å². The van der Waals surface area contributed by atoms with Gasteiger partial charge in [-0.1, -0.05) is 212 Å². The van der Waals surface area contributed by atoms with E-state index < -0.39 is 10.8 Å². The maximum Gasteiger partial charge on any atom is 0.164 e. The zero-order valence-electron chi connectivity index (χ0n) is 37.3. The lowest BCUT2D eigenvalue weighted by Crippen LogP contribution is -2.53. The van der Waals surface area contributed by atoms with Crippen LogP contribution in [0.15, 0.2) is 243 Å². The first kappa shape index (κ1) is 39.1. The minimum absolute atomic E-state index is 0.607. The highest BCUT2D eigenvalue weighted by Gasteiger charge is 2.62. The Bertz CT molecular complexity index is 3780. The van der Waals surface area contributed by atoms with Crippen LogP contribution in [0.5, 0.6) is 0 Å². The third kappa shape index (κ3) is 5.57. The lowest BCUT2D eigenvalue weighted by atomic mass is 9.46. The van der Waals surface area contributed by atoms with Crippen molar-refractivity contribution in [2.24, 2.45) is 0 Å². The van der Waals surface area contributed by atoms with Crippen molar-refractivity contribution < 1.29 is 0 Å². The van der Waals surface area contributed by atoms with E-state index in [1.807, 2.05) is 30.3 Å². The molecule has 0 fully saturated rings. The smallest absolute Gasteiger partial charge is 0.164 e. The predicted molar refractivity (Wildman–Crippen MR) is 275 cm³/mol. The Morgan fingerprint density at radius 1 is 0.304 bits per heavy atom. The van der Waals surface area contributed by atoms with E-state index in [1.54, 1.807) is 0 Å². The van der Waals surface area contributed by atoms with Crippen molar-refractivity contribution in [3.05, 3.63) is 288 Å². The van der Waals surface area contributed by atoms with Crippen molar-refractivity contribution in [2.75, 3.05) is 0 Å². The molecule has 322 valence electrons. The van der Waals surface area contributed by atoms with E-state index >= 15 is 0 Å². The molecule has 0 amide bonds. The van der Waals surface area contributed by atoms with Crippen LogP contribution in [0, 0.1) is 0 Å². The molecule has 6 heteroatoms. The fraction of sp³-hybridized carbons (Fsp3) is 0.0317. The Labute approximate surface area is 399 Å². The molecule has 0 unspecified atom stereocenters. The van der Waals surface area contributed by atoms with Crippen LogP contribution in [0.3, 0.4) is 0 Å². The van der Waals surface area contributed by atoms with E-state index in [0.717, 1.165) is 94.5 Å². The maximum absolute atomic E-state index is 5.80. The van der Waals surface area contributed by atoms with Gasteiger partial charge in [0.2, 0.25) is 0 Å². The lowest BCUT2D eigenvalue weighted by Gasteiger charge is -2.55. The van der Waals surface area contributed by atoms with Crippen molar-refractivity contribution >= 4 is 21.8 Å². The van der Waals surface area contributed by atoms with Crippen LogP contribution >= 0.6 is 0 Å². The normalized spacial score (nSPS) is 16.5. The summed E-state index contributed by atoms with van der Waals surface area (Å²) in [4.78, 5) is 28.2. The molecule has 12 aromatic rings. The fourth-order valence-electron chi connectivity index (χ4n) is 11.6. The second-order valence-corrected chi connectivity index (χ2v) is 17.9. The van der Waals surface area contributed by atoms with Crippen LogP contribution in [-0.4, -0.2) is 29.5 Å². The Morgan fingerprint density at radius 2 is 0.710 bits per heavy atom. The van der Waals surface area contributed by atoms with Gasteiger partial charge in [0.1, 0.15) is 16.7 Å². The third-order valence-corrected chi connectivity index (χ3v) is 14.4. The topological polar surface area (TPSA) is 69.4 Å². The molecule has 0 saturated heterocycles. The second kappa shape index (κ2) is 15.2. The van der Waals surface area contributed by atoms with E-state index in [4.69, 9.17) is 24.9 Å². The largest absolute Gasteiger partial charge is 0.309 e. The molecule has 0 aliphatic heterocycles. The Balaban J connectivity index is 1.09. The van der Waals surface area contributed by atoms with Crippen molar-refractivity contribution in [1.82, 2.24) is 29.5 Å². The van der Waals surface area contributed by atoms with E-state index in [1.165, 1.54) is 0 Å². The molecule has 0 N–H and O–H groups in total. The number of benzene rings is 9. The molecule has 6 nitrogen and oxygen atoms in total. The molecule has 0 atom stereocenters. The molecule has 69 heavy (non-hydrogen) atoms. The van der Waals surface area contributed by atoms with Crippen LogP contribution in [0.4, 0.5) is 0 Å². The molecule has 3 aliphatic carbocycles. The first-order chi connectivity index (χ1) is 34.2. The molecule has 9 aromatic carbocycles. The Hall–Kier alpha value is -9.13. The minimum atomic E-state index is -0.960. The van der Waals surface area contributed by atoms with Crippen molar-refractivity contribution in [2.45, 2.75) is 10.8 Å². The van der Waals surface area contributed by atoms with Gasteiger partial charge in [-0.15, -0.1) is 0 Å². The van der Waals surface area contributed by atoms with Crippen LogP contribution in [0.25, 0.3) is 72.8 Å². The van der Waals surface area contributed by atoms with Gasteiger partial charge in [0.15, 0.2) is 17.5 Å². The highest BCUT2D eigenvalue weighted by molar-refractivity contribution is 6.15. The maximum atomic E-state index is 5.80. The standard InChI is InChI=1S/C63H40N6/c1-5-22-41(23-6-1)53-40-54(42-24-7-2-8-25-42)65-60(64-53)62-47-32-14-17-35-50(47)63(51-36-18-15-33-48(51)62,52-37-19-16-34-49(52)62)61-67-58(43-26-9-3-10-27-43)66-59(68-61)46-31-21-39-56-57(46)45-30-13-20-38-55(45)69(56)44-28-11-4-12-29-44/h1-40H. The predicted octanol–water partition coefficient (Wildman–Crippen LogP) is 13.8. The minimum Gasteiger partial charge on any atom is -0.309 e. The summed E-state index contributed by atoms with van der Waals surface area (Å²) < 4.78 is 2.34. The molecule has 0 spiro atoms. The zero-order chi connectivity index (χ0) is 45.5. The summed E-state index contributed by atoms with van der Waals surface area (Å²) >= 11 is 0. The van der Waals surface area contributed by atoms with E-state index in [9.17, 15) is 0 Å². The lowest BCUT2D eigenvalue weighted by molar-refractivity contribution is 0.518. The summed E-state index contributed by atoms with van der Waals surface area (Å²) in [5.74, 6) is 2.58. The average molecular weight is 881 g/mol. The van der Waals surface area contributed by atoms with Gasteiger partial charge in [-0.05, 0) is 63.7 Å². The molecule has 2 bridgehead atoms. The van der Waals surface area contributed by atoms with Crippen LogP contribution in [0.1, 0.15) is 45.0 Å². The molecule has 0 radical (unpaired) electrons. The van der Waals surface area contributed by atoms with Gasteiger partial charge in [-0.25, -0.2) is 24.9 Å². The number of hydrogen-bond acceptors (Lipinski definition) is 5. The van der Waals surface area contributed by atoms with Crippen LogP contribution < -0.4 is 0 Å². The first-order valence-electron chi connectivity index (χ1n) is 23.4. The summed E-state index contributed by atoms with van der Waals surface area (Å²) in [6.45, 7) is 0. The molecule has 3 heterocycles. The van der Waals surface area contributed by atoms with Gasteiger partial charge >= 0.3 is 0 Å². The summed E-state index contributed by atoms with van der Waals surface area (Å²) in [7, 11) is 0. The second-order valence-electron chi connectivity index (χ2n) is 17.9. The summed E-state index contributed by atoms with van der Waals surface area (Å²) in [6.07, 6.45) is 0. The Morgan fingerprint density at radius 3 is 1.23 bits per heavy atom. The zero-order valence-corrected chi connectivity index (χ0v) is 37.3. The molecule has 3 aliphatic rings. The molecule has 15 rings (SSSR count). The highest BCUT2D eigenvalue weighted by Crippen LogP contribution is 2.65. The number of nitrogens with zero attached hydrogens (tertiary/aromatic N) is 6. The molecule has 3 aromatic heterocycles. The van der Waals surface area contributed by atoms with Crippen molar-refractivity contribution in [3.8, 4) is 51.0 Å². The monoisotopic (exact) mass is 880 g/mol. The van der Waals surface area contributed by atoms with Crippen molar-refractivity contribution in [3.63, 3.8) is 0 Å². The fourth-order valence-corrected chi connectivity index (χ4v) is 11.6. The summed E-state index contributed by atoms with van der Waals surface area (Å²) in [5.41, 5.74) is 13.6. The number of fused-ring (bicyclic) bond motifs is 3. The number of hydrogen-bond donors (Lipinski definition) is 0. The first-order valence-corrected chi connectivity index (χ1v) is 23.4. The average Bonchev–Trinajstić information content (AvgIpc) is 3.78. The summed E-state index contributed by atoms with van der Waals surface area (Å²) in [5, 5.41) is 2.21. The van der Waals surface area contributed by atoms with Gasteiger partial charge in [-0.3, -0.25) is 0 Å². The third-order valence-electron chi connectivity index (χ3n) is 14.4. The molecular formula is C63H40N6. The Kier molecular flexibility index (Phi) is 8.61. The summed E-state index contributed by atoms with van der Waals surface area (Å²) in [6, 6.07) is 85.6.